The largest absolute Gasteiger partial charge is 0.445 e. The van der Waals surface area contributed by atoms with E-state index in [0.717, 1.165) is 11.1 Å². The molecule has 64 valence electrons. The SMILES string of the molecule is Cc1cccc(COC(N)=O)c1. The molecule has 0 radical (unpaired) electrons. The molecule has 0 bridgehead atoms. The van der Waals surface area contributed by atoms with Gasteiger partial charge in [0.1, 0.15) is 6.61 Å². The Balaban J connectivity index is 2.57. The van der Waals surface area contributed by atoms with Crippen LogP contribution in [0.5, 0.6) is 0 Å². The van der Waals surface area contributed by atoms with Crippen LogP contribution >= 0.6 is 0 Å². The van der Waals surface area contributed by atoms with Gasteiger partial charge in [-0.05, 0) is 12.5 Å². The van der Waals surface area contributed by atoms with Crippen LogP contribution in [0.4, 0.5) is 4.79 Å². The molecule has 3 heteroatoms. The highest BCUT2D eigenvalue weighted by atomic mass is 16.5. The van der Waals surface area contributed by atoms with E-state index in [0.29, 0.717) is 0 Å². The Hall–Kier alpha value is -1.51. The van der Waals surface area contributed by atoms with E-state index < -0.39 is 6.09 Å². The summed E-state index contributed by atoms with van der Waals surface area (Å²) < 4.78 is 4.62. The molecule has 1 amide bonds. The van der Waals surface area contributed by atoms with Crippen molar-refractivity contribution in [3.05, 3.63) is 35.4 Å². The van der Waals surface area contributed by atoms with Crippen LogP contribution in [-0.4, -0.2) is 6.09 Å². The molecule has 0 atom stereocenters. The summed E-state index contributed by atoms with van der Waals surface area (Å²) >= 11 is 0. The molecule has 1 rings (SSSR count). The molecule has 0 aromatic heterocycles. The minimum absolute atomic E-state index is 0.247. The van der Waals surface area contributed by atoms with E-state index in [4.69, 9.17) is 5.73 Å². The zero-order chi connectivity index (χ0) is 8.97. The Labute approximate surface area is 71.1 Å². The van der Waals surface area contributed by atoms with Crippen molar-refractivity contribution >= 4 is 6.09 Å². The number of primary amides is 1. The zero-order valence-electron chi connectivity index (χ0n) is 6.91. The summed E-state index contributed by atoms with van der Waals surface area (Å²) in [6.45, 7) is 2.23. The maximum Gasteiger partial charge on any atom is 0.404 e. The average Bonchev–Trinajstić information content (AvgIpc) is 2.01. The van der Waals surface area contributed by atoms with Crippen molar-refractivity contribution in [2.24, 2.45) is 5.73 Å². The Morgan fingerprint density at radius 3 is 2.92 bits per heavy atom. The van der Waals surface area contributed by atoms with E-state index >= 15 is 0 Å². The maximum atomic E-state index is 10.3. The van der Waals surface area contributed by atoms with Crippen molar-refractivity contribution in [2.75, 3.05) is 0 Å². The summed E-state index contributed by atoms with van der Waals surface area (Å²) in [4.78, 5) is 10.3. The fraction of sp³-hybridized carbons (Fsp3) is 0.222. The smallest absolute Gasteiger partial charge is 0.404 e. The number of amides is 1. The summed E-state index contributed by atoms with van der Waals surface area (Å²) in [6, 6.07) is 7.72. The third-order valence-corrected chi connectivity index (χ3v) is 1.46. The summed E-state index contributed by atoms with van der Waals surface area (Å²) in [7, 11) is 0. The molecule has 0 unspecified atom stereocenters. The molecule has 3 nitrogen and oxygen atoms in total. The lowest BCUT2D eigenvalue weighted by Crippen LogP contribution is -2.12. The standard InChI is InChI=1S/C9H11NO2/c1-7-3-2-4-8(5-7)6-12-9(10)11/h2-5H,6H2,1H3,(H2,10,11). The molecular formula is C9H11NO2. The van der Waals surface area contributed by atoms with Crippen molar-refractivity contribution < 1.29 is 9.53 Å². The first-order chi connectivity index (χ1) is 5.68. The zero-order valence-corrected chi connectivity index (χ0v) is 6.91. The lowest BCUT2D eigenvalue weighted by atomic mass is 10.1. The van der Waals surface area contributed by atoms with Crippen LogP contribution in [0.1, 0.15) is 11.1 Å². The van der Waals surface area contributed by atoms with Gasteiger partial charge in [-0.1, -0.05) is 29.8 Å². The molecule has 0 saturated carbocycles. The van der Waals surface area contributed by atoms with Crippen LogP contribution in [0.25, 0.3) is 0 Å². The predicted molar refractivity (Wildman–Crippen MR) is 45.6 cm³/mol. The first-order valence-corrected chi connectivity index (χ1v) is 3.66. The lowest BCUT2D eigenvalue weighted by Gasteiger charge is -2.01. The second-order valence-corrected chi connectivity index (χ2v) is 2.60. The molecule has 1 aromatic carbocycles. The van der Waals surface area contributed by atoms with E-state index in [1.165, 1.54) is 0 Å². The second-order valence-electron chi connectivity index (χ2n) is 2.60. The second kappa shape index (κ2) is 3.76. The fourth-order valence-corrected chi connectivity index (χ4v) is 0.956. The molecule has 0 saturated heterocycles. The third-order valence-electron chi connectivity index (χ3n) is 1.46. The minimum Gasteiger partial charge on any atom is -0.445 e. The van der Waals surface area contributed by atoms with Gasteiger partial charge in [0.05, 0.1) is 0 Å². The number of aryl methyl sites for hydroxylation is 1. The van der Waals surface area contributed by atoms with Gasteiger partial charge in [0.15, 0.2) is 0 Å². The highest BCUT2D eigenvalue weighted by molar-refractivity contribution is 5.64. The molecule has 0 heterocycles. The maximum absolute atomic E-state index is 10.3. The van der Waals surface area contributed by atoms with Gasteiger partial charge in [-0.3, -0.25) is 0 Å². The minimum atomic E-state index is -0.739. The van der Waals surface area contributed by atoms with Crippen LogP contribution < -0.4 is 5.73 Å². The van der Waals surface area contributed by atoms with Crippen LogP contribution in [0.2, 0.25) is 0 Å². The van der Waals surface area contributed by atoms with Crippen LogP contribution in [0.3, 0.4) is 0 Å². The van der Waals surface area contributed by atoms with Crippen molar-refractivity contribution in [3.8, 4) is 0 Å². The Kier molecular flexibility index (Phi) is 2.69. The summed E-state index contributed by atoms with van der Waals surface area (Å²) in [6.07, 6.45) is -0.739. The van der Waals surface area contributed by atoms with E-state index in [9.17, 15) is 4.79 Å². The molecule has 0 aliphatic carbocycles. The quantitative estimate of drug-likeness (QED) is 0.723. The summed E-state index contributed by atoms with van der Waals surface area (Å²) in [5, 5.41) is 0. The molecule has 0 aliphatic heterocycles. The molecular weight excluding hydrogens is 154 g/mol. The van der Waals surface area contributed by atoms with Crippen molar-refractivity contribution in [2.45, 2.75) is 13.5 Å². The van der Waals surface area contributed by atoms with Crippen LogP contribution in [0, 0.1) is 6.92 Å². The van der Waals surface area contributed by atoms with Crippen LogP contribution in [-0.2, 0) is 11.3 Å². The van der Waals surface area contributed by atoms with Gasteiger partial charge >= 0.3 is 6.09 Å². The Bertz CT molecular complexity index is 284. The van der Waals surface area contributed by atoms with Crippen molar-refractivity contribution in [3.63, 3.8) is 0 Å². The monoisotopic (exact) mass is 165 g/mol. The number of rotatable bonds is 2. The summed E-state index contributed by atoms with van der Waals surface area (Å²) in [5.41, 5.74) is 6.91. The third kappa shape index (κ3) is 2.62. The van der Waals surface area contributed by atoms with Crippen molar-refractivity contribution in [1.82, 2.24) is 0 Å². The first kappa shape index (κ1) is 8.59. The molecule has 0 fully saturated rings. The van der Waals surface area contributed by atoms with Gasteiger partial charge in [-0.2, -0.15) is 0 Å². The van der Waals surface area contributed by atoms with Gasteiger partial charge in [-0.15, -0.1) is 0 Å². The number of benzene rings is 1. The molecule has 1 aromatic rings. The van der Waals surface area contributed by atoms with E-state index in [1.54, 1.807) is 0 Å². The highest BCUT2D eigenvalue weighted by Gasteiger charge is 1.95. The Morgan fingerprint density at radius 1 is 1.58 bits per heavy atom. The van der Waals surface area contributed by atoms with Gasteiger partial charge in [-0.25, -0.2) is 4.79 Å². The van der Waals surface area contributed by atoms with E-state index in [2.05, 4.69) is 4.74 Å². The topological polar surface area (TPSA) is 52.3 Å². The van der Waals surface area contributed by atoms with E-state index in [1.807, 2.05) is 31.2 Å². The highest BCUT2D eigenvalue weighted by Crippen LogP contribution is 2.04. The number of nitrogens with two attached hydrogens (primary N) is 1. The average molecular weight is 165 g/mol. The first-order valence-electron chi connectivity index (χ1n) is 3.66. The Morgan fingerprint density at radius 2 is 2.33 bits per heavy atom. The van der Waals surface area contributed by atoms with Gasteiger partial charge in [0.2, 0.25) is 0 Å². The number of hydrogen-bond donors (Lipinski definition) is 1. The molecule has 0 aliphatic rings. The van der Waals surface area contributed by atoms with Gasteiger partial charge in [0.25, 0.3) is 0 Å². The number of ether oxygens (including phenoxy) is 1. The normalized spacial score (nSPS) is 9.42. The summed E-state index contributed by atoms with van der Waals surface area (Å²) in [5.74, 6) is 0. The van der Waals surface area contributed by atoms with Crippen molar-refractivity contribution in [1.29, 1.82) is 0 Å². The lowest BCUT2D eigenvalue weighted by molar-refractivity contribution is 0.150. The number of carbonyl (C=O) groups is 1. The molecule has 0 spiro atoms. The fourth-order valence-electron chi connectivity index (χ4n) is 0.956. The van der Waals surface area contributed by atoms with Gasteiger partial charge < -0.3 is 10.5 Å². The van der Waals surface area contributed by atoms with Gasteiger partial charge in [0, 0.05) is 0 Å². The number of hydrogen-bond acceptors (Lipinski definition) is 2. The van der Waals surface area contributed by atoms with E-state index in [-0.39, 0.29) is 6.61 Å². The molecule has 12 heavy (non-hydrogen) atoms. The van der Waals surface area contributed by atoms with Crippen LogP contribution in [0.15, 0.2) is 24.3 Å². The predicted octanol–water partition coefficient (Wildman–Crippen LogP) is 1.59. The number of carbonyl (C=O) groups excluding carboxylic acids is 1. The molecule has 2 N–H and O–H groups in total.